The number of carboxylic acid groups (broad SMARTS) is 1. The molecule has 0 unspecified atom stereocenters. The largest absolute Gasteiger partial charge is 0.490 e. The van der Waals surface area contributed by atoms with E-state index in [0.29, 0.717) is 17.8 Å². The summed E-state index contributed by atoms with van der Waals surface area (Å²) < 4.78 is 70.0. The molecule has 0 aliphatic heterocycles. The number of carboxylic acids is 1. The van der Waals surface area contributed by atoms with Crippen LogP contribution in [0.5, 0.6) is 0 Å². The van der Waals surface area contributed by atoms with Crippen molar-refractivity contribution < 1.29 is 35.9 Å². The first-order valence-electron chi connectivity index (χ1n) is 10.6. The van der Waals surface area contributed by atoms with Crippen molar-refractivity contribution >= 4 is 50.0 Å². The highest BCUT2D eigenvalue weighted by atomic mass is 32.2. The van der Waals surface area contributed by atoms with Gasteiger partial charge in [0.2, 0.25) is 16.0 Å². The van der Waals surface area contributed by atoms with Gasteiger partial charge in [0.15, 0.2) is 11.6 Å². The number of alkyl halides is 3. The fourth-order valence-corrected chi connectivity index (χ4v) is 4.15. The molecule has 2 aromatic heterocycles. The molecular weight excluding hydrogens is 534 g/mol. The number of primary sulfonamides is 1. The minimum atomic E-state index is -5.08. The predicted octanol–water partition coefficient (Wildman–Crippen LogP) is 3.98. The summed E-state index contributed by atoms with van der Waals surface area (Å²) in [5, 5.41) is 23.1. The van der Waals surface area contributed by atoms with Crippen LogP contribution in [0.15, 0.2) is 53.7 Å². The van der Waals surface area contributed by atoms with Crippen LogP contribution in [-0.2, 0) is 14.8 Å². The van der Waals surface area contributed by atoms with E-state index in [1.165, 1.54) is 6.07 Å². The molecule has 4 aromatic rings. The first-order valence-corrected chi connectivity index (χ1v) is 12.2. The van der Waals surface area contributed by atoms with Gasteiger partial charge in [-0.15, -0.1) is 0 Å². The van der Waals surface area contributed by atoms with Gasteiger partial charge in [-0.2, -0.15) is 23.3 Å². The first kappa shape index (κ1) is 28.3. The fraction of sp³-hybridized carbons (Fsp3) is 0.182. The van der Waals surface area contributed by atoms with E-state index in [4.69, 9.17) is 15.0 Å². The molecule has 0 saturated heterocycles. The second kappa shape index (κ2) is 11.0. The Morgan fingerprint density at radius 2 is 1.89 bits per heavy atom. The van der Waals surface area contributed by atoms with Crippen LogP contribution in [0.25, 0.3) is 10.9 Å². The molecule has 16 heteroatoms. The highest BCUT2D eigenvalue weighted by molar-refractivity contribution is 7.89. The molecular formula is C22H21F4N7O4S. The molecule has 0 saturated carbocycles. The Labute approximate surface area is 213 Å². The van der Waals surface area contributed by atoms with Crippen molar-refractivity contribution in [3.05, 3.63) is 60.2 Å². The van der Waals surface area contributed by atoms with Crippen LogP contribution in [0.1, 0.15) is 12.5 Å². The van der Waals surface area contributed by atoms with Gasteiger partial charge in [0, 0.05) is 17.6 Å². The third kappa shape index (κ3) is 6.51. The van der Waals surface area contributed by atoms with Gasteiger partial charge >= 0.3 is 12.1 Å². The topological polar surface area (TPSA) is 167 Å². The Balaban J connectivity index is 0.000000505. The Morgan fingerprint density at radius 1 is 1.21 bits per heavy atom. The number of halogens is 4. The summed E-state index contributed by atoms with van der Waals surface area (Å²) in [6, 6.07) is 10.3. The van der Waals surface area contributed by atoms with E-state index in [9.17, 15) is 26.0 Å². The predicted molar refractivity (Wildman–Crippen MR) is 130 cm³/mol. The Hall–Kier alpha value is -4.31. The lowest BCUT2D eigenvalue weighted by Gasteiger charge is -2.23. The second-order valence-corrected chi connectivity index (χ2v) is 9.20. The highest BCUT2D eigenvalue weighted by Gasteiger charge is 2.38. The molecule has 4 rings (SSSR count). The van der Waals surface area contributed by atoms with E-state index < -0.39 is 28.0 Å². The second-order valence-electron chi connectivity index (χ2n) is 7.67. The van der Waals surface area contributed by atoms with Crippen molar-refractivity contribution in [3.8, 4) is 0 Å². The number of aryl methyl sites for hydroxylation is 1. The molecule has 0 aliphatic carbocycles. The van der Waals surface area contributed by atoms with Crippen molar-refractivity contribution in [2.24, 2.45) is 5.14 Å². The molecule has 0 bridgehead atoms. The number of rotatable bonds is 6. The number of hydrogen-bond donors (Lipinski definition) is 4. The molecule has 0 aliphatic rings. The van der Waals surface area contributed by atoms with Crippen molar-refractivity contribution in [2.75, 3.05) is 16.8 Å². The number of benzene rings is 2. The number of nitrogens with two attached hydrogens (primary N) is 1. The van der Waals surface area contributed by atoms with Gasteiger partial charge in [0.25, 0.3) is 0 Å². The smallest absolute Gasteiger partial charge is 0.475 e. The number of anilines is 4. The van der Waals surface area contributed by atoms with E-state index in [0.717, 1.165) is 22.8 Å². The van der Waals surface area contributed by atoms with Crippen LogP contribution in [0, 0.1) is 12.7 Å². The lowest BCUT2D eigenvalue weighted by Crippen LogP contribution is -2.21. The molecule has 0 atom stereocenters. The SMILES string of the molecule is CCN(c1nc(Nc2ccc(C)c(S(N)(=O)=O)c2)ncc1F)c1cccc2[nH]ncc12.O=C(O)C(F)(F)F. The Bertz CT molecular complexity index is 1580. The fourth-order valence-electron chi connectivity index (χ4n) is 3.34. The lowest BCUT2D eigenvalue weighted by atomic mass is 10.2. The zero-order valence-electron chi connectivity index (χ0n) is 19.8. The summed E-state index contributed by atoms with van der Waals surface area (Å²) >= 11 is 0. The van der Waals surface area contributed by atoms with E-state index in [1.54, 1.807) is 30.2 Å². The summed E-state index contributed by atoms with van der Waals surface area (Å²) in [4.78, 5) is 18.9. The van der Waals surface area contributed by atoms with E-state index in [-0.39, 0.29) is 16.7 Å². The third-order valence-electron chi connectivity index (χ3n) is 5.04. The molecule has 0 fully saturated rings. The number of aromatic nitrogens is 4. The van der Waals surface area contributed by atoms with Crippen LogP contribution < -0.4 is 15.4 Å². The number of carbonyl (C=O) groups is 1. The first-order chi connectivity index (χ1) is 17.7. The zero-order chi connectivity index (χ0) is 28.3. The summed E-state index contributed by atoms with van der Waals surface area (Å²) in [7, 11) is -3.89. The van der Waals surface area contributed by atoms with Gasteiger partial charge in [-0.05, 0) is 43.7 Å². The number of nitrogens with zero attached hydrogens (tertiary/aromatic N) is 4. The normalized spacial score (nSPS) is 11.6. The van der Waals surface area contributed by atoms with Gasteiger partial charge in [-0.3, -0.25) is 5.10 Å². The number of nitrogens with one attached hydrogen (secondary N) is 2. The summed E-state index contributed by atoms with van der Waals surface area (Å²) in [6.45, 7) is 3.97. The van der Waals surface area contributed by atoms with Gasteiger partial charge < -0.3 is 15.3 Å². The minimum Gasteiger partial charge on any atom is -0.475 e. The quantitative estimate of drug-likeness (QED) is 0.257. The van der Waals surface area contributed by atoms with Crippen LogP contribution >= 0.6 is 0 Å². The van der Waals surface area contributed by atoms with E-state index in [1.807, 2.05) is 25.1 Å². The maximum Gasteiger partial charge on any atom is 0.490 e. The van der Waals surface area contributed by atoms with Crippen molar-refractivity contribution in [3.63, 3.8) is 0 Å². The van der Waals surface area contributed by atoms with E-state index >= 15 is 0 Å². The van der Waals surface area contributed by atoms with Gasteiger partial charge in [0.1, 0.15) is 0 Å². The number of aromatic amines is 1. The maximum atomic E-state index is 14.7. The average Bonchev–Trinajstić information content (AvgIpc) is 3.31. The molecule has 11 nitrogen and oxygen atoms in total. The lowest BCUT2D eigenvalue weighted by molar-refractivity contribution is -0.192. The van der Waals surface area contributed by atoms with Gasteiger partial charge in [-0.25, -0.2) is 27.7 Å². The van der Waals surface area contributed by atoms with Crippen LogP contribution in [0.3, 0.4) is 0 Å². The number of H-pyrrole nitrogens is 1. The van der Waals surface area contributed by atoms with Gasteiger partial charge in [-0.1, -0.05) is 12.1 Å². The van der Waals surface area contributed by atoms with Crippen LogP contribution in [-0.4, -0.2) is 52.4 Å². The molecule has 38 heavy (non-hydrogen) atoms. The third-order valence-corrected chi connectivity index (χ3v) is 6.10. The standard InChI is InChI=1S/C20H20FN7O2S.C2HF3O2/c1-3-28(17-6-4-5-16-14(17)10-24-27-16)19-15(21)11-23-20(26-19)25-13-8-7-12(2)18(9-13)31(22,29)30;3-2(4,5)1(6)7/h4-11H,3H2,1-2H3,(H,24,27)(H2,22,29,30)(H,23,25,26);(H,6,7). The van der Waals surface area contributed by atoms with Crippen molar-refractivity contribution in [1.82, 2.24) is 20.2 Å². The molecule has 0 radical (unpaired) electrons. The van der Waals surface area contributed by atoms with Gasteiger partial charge in [0.05, 0.1) is 28.5 Å². The monoisotopic (exact) mass is 555 g/mol. The maximum absolute atomic E-state index is 14.7. The summed E-state index contributed by atoms with van der Waals surface area (Å²) in [6.07, 6.45) is -2.34. The molecule has 0 spiro atoms. The number of aliphatic carboxylic acids is 1. The molecule has 2 aromatic carbocycles. The minimum absolute atomic E-state index is 0.0124. The van der Waals surface area contributed by atoms with E-state index in [2.05, 4.69) is 25.5 Å². The molecule has 0 amide bonds. The molecule has 5 N–H and O–H groups in total. The number of hydrogen-bond acceptors (Lipinski definition) is 8. The Morgan fingerprint density at radius 3 is 2.50 bits per heavy atom. The Kier molecular flexibility index (Phi) is 8.16. The highest BCUT2D eigenvalue weighted by Crippen LogP contribution is 2.32. The average molecular weight is 556 g/mol. The molecule has 202 valence electrons. The summed E-state index contributed by atoms with van der Waals surface area (Å²) in [5.74, 6) is -3.17. The molecule has 2 heterocycles. The van der Waals surface area contributed by atoms with Crippen LogP contribution in [0.4, 0.5) is 40.7 Å². The van der Waals surface area contributed by atoms with Crippen molar-refractivity contribution in [2.45, 2.75) is 24.9 Å². The zero-order valence-corrected chi connectivity index (χ0v) is 20.6. The number of fused-ring (bicyclic) bond motifs is 1. The number of sulfonamides is 1. The van der Waals surface area contributed by atoms with Crippen LogP contribution in [0.2, 0.25) is 0 Å². The van der Waals surface area contributed by atoms with Crippen molar-refractivity contribution in [1.29, 1.82) is 0 Å². The summed E-state index contributed by atoms with van der Waals surface area (Å²) in [5.41, 5.74) is 2.48.